The molecule has 0 aromatic heterocycles. The van der Waals surface area contributed by atoms with Gasteiger partial charge in [-0.2, -0.15) is 0 Å². The third-order valence-corrected chi connectivity index (χ3v) is 4.50. The summed E-state index contributed by atoms with van der Waals surface area (Å²) >= 11 is 0. The topological polar surface area (TPSA) is 46.5 Å². The summed E-state index contributed by atoms with van der Waals surface area (Å²) in [6, 6.07) is 3.23. The zero-order valence-electron chi connectivity index (χ0n) is 16.0. The van der Waals surface area contributed by atoms with Gasteiger partial charge in [0.05, 0.1) is 5.56 Å². The van der Waals surface area contributed by atoms with Crippen LogP contribution in [-0.2, 0) is 23.5 Å². The Labute approximate surface area is 180 Å². The minimum absolute atomic E-state index is 0. The number of hydrogen-bond acceptors (Lipinski definition) is 3. The minimum Gasteiger partial charge on any atom is -0.508 e. The minimum atomic E-state index is -0.276. The van der Waals surface area contributed by atoms with Gasteiger partial charge >= 0.3 is 17.1 Å². The van der Waals surface area contributed by atoms with Crippen LogP contribution in [-0.4, -0.2) is 17.0 Å². The van der Waals surface area contributed by atoms with Crippen LogP contribution in [0.4, 0.5) is 0 Å². The van der Waals surface area contributed by atoms with Crippen LogP contribution in [0.3, 0.4) is 0 Å². The average Bonchev–Trinajstić information content (AvgIpc) is 3.36. The van der Waals surface area contributed by atoms with Gasteiger partial charge in [0.1, 0.15) is 17.6 Å². The number of carbonyl (C=O) groups excluding carboxylic acids is 1. The number of rotatable bonds is 3. The molecule has 28 heavy (non-hydrogen) atoms. The Morgan fingerprint density at radius 1 is 1.07 bits per heavy atom. The zero-order chi connectivity index (χ0) is 19.2. The van der Waals surface area contributed by atoms with Crippen molar-refractivity contribution in [1.29, 1.82) is 0 Å². The molecule has 2 fully saturated rings. The molecule has 3 aliphatic rings. The molecule has 1 aromatic rings. The molecule has 1 aliphatic heterocycles. The monoisotopic (exact) mass is 416 g/mol. The van der Waals surface area contributed by atoms with Gasteiger partial charge in [0, 0.05) is 17.9 Å². The Balaban J connectivity index is 0.000000408. The van der Waals surface area contributed by atoms with Crippen LogP contribution in [0, 0.1) is 63.7 Å². The quantitative estimate of drug-likeness (QED) is 0.576. The summed E-state index contributed by atoms with van der Waals surface area (Å²) in [6.45, 7) is 4.01. The number of Topliss-reactive ketones (excluding diaryl/α,β-unsaturated/α-hetero) is 1. The molecule has 3 nitrogen and oxygen atoms in total. The largest absolute Gasteiger partial charge is 2.00 e. The van der Waals surface area contributed by atoms with Crippen LogP contribution in [0.15, 0.2) is 23.8 Å². The Bertz CT molecular complexity index is 674. The van der Waals surface area contributed by atoms with Crippen molar-refractivity contribution in [3.63, 3.8) is 0 Å². The average molecular weight is 416 g/mol. The van der Waals surface area contributed by atoms with E-state index in [1.807, 2.05) is 77.7 Å². The molecule has 2 aliphatic carbocycles. The molecule has 4 heteroatoms. The van der Waals surface area contributed by atoms with Crippen molar-refractivity contribution in [2.75, 3.05) is 0 Å². The normalized spacial score (nSPS) is 21.1. The number of fused-ring (bicyclic) bond motifs is 1. The van der Waals surface area contributed by atoms with E-state index < -0.39 is 0 Å². The van der Waals surface area contributed by atoms with E-state index in [-0.39, 0.29) is 34.7 Å². The fraction of sp³-hybridized carbons (Fsp3) is 0.208. The van der Waals surface area contributed by atoms with Crippen LogP contribution < -0.4 is 4.74 Å². The molecular formula is C24H24FeO3+2. The van der Waals surface area contributed by atoms with E-state index in [0.29, 0.717) is 29.7 Å². The van der Waals surface area contributed by atoms with E-state index in [2.05, 4.69) is 0 Å². The van der Waals surface area contributed by atoms with Crippen molar-refractivity contribution < 1.29 is 31.7 Å². The maximum Gasteiger partial charge on any atom is 2.00 e. The molecule has 0 bridgehead atoms. The zero-order valence-corrected chi connectivity index (χ0v) is 17.1. The molecule has 0 amide bonds. The van der Waals surface area contributed by atoms with Crippen LogP contribution in [0.1, 0.15) is 36.2 Å². The number of aromatic hydroxyl groups is 1. The molecule has 4 rings (SSSR count). The summed E-state index contributed by atoms with van der Waals surface area (Å²) < 4.78 is 6.08. The predicted molar refractivity (Wildman–Crippen MR) is 107 cm³/mol. The number of phenols is 1. The molecule has 1 unspecified atom stereocenters. The van der Waals surface area contributed by atoms with Gasteiger partial charge in [-0.15, -0.1) is 0 Å². The fourth-order valence-corrected chi connectivity index (χ4v) is 3.05. The van der Waals surface area contributed by atoms with Crippen LogP contribution in [0.5, 0.6) is 11.5 Å². The molecule has 2 saturated carbocycles. The molecule has 10 radical (unpaired) electrons. The maximum absolute atomic E-state index is 12.4. The predicted octanol–water partition coefficient (Wildman–Crippen LogP) is 4.66. The maximum atomic E-state index is 12.4. The third kappa shape index (κ3) is 5.87. The summed E-state index contributed by atoms with van der Waals surface area (Å²) in [5.74, 6) is 1.76. The third-order valence-electron chi connectivity index (χ3n) is 4.50. The summed E-state index contributed by atoms with van der Waals surface area (Å²) in [5, 5.41) is 10.2. The summed E-state index contributed by atoms with van der Waals surface area (Å²) in [5.41, 5.74) is 2.41. The summed E-state index contributed by atoms with van der Waals surface area (Å²) in [7, 11) is 0. The number of benzene rings is 1. The van der Waals surface area contributed by atoms with Crippen molar-refractivity contribution in [2.24, 2.45) is 0 Å². The van der Waals surface area contributed by atoms with Crippen molar-refractivity contribution in [3.05, 3.63) is 98.6 Å². The molecule has 1 atom stereocenters. The van der Waals surface area contributed by atoms with Crippen molar-refractivity contribution >= 4 is 5.78 Å². The van der Waals surface area contributed by atoms with Crippen LogP contribution in [0.25, 0.3) is 0 Å². The molecule has 0 spiro atoms. The van der Waals surface area contributed by atoms with Crippen LogP contribution in [0.2, 0.25) is 0 Å². The molecule has 1 heterocycles. The molecule has 1 aromatic carbocycles. The van der Waals surface area contributed by atoms with E-state index in [9.17, 15) is 9.90 Å². The van der Waals surface area contributed by atoms with E-state index >= 15 is 0 Å². The molecule has 1 N–H and O–H groups in total. The van der Waals surface area contributed by atoms with Gasteiger partial charge in [0.15, 0.2) is 5.78 Å². The van der Waals surface area contributed by atoms with E-state index in [1.54, 1.807) is 12.1 Å². The molecule has 144 valence electrons. The van der Waals surface area contributed by atoms with E-state index in [1.165, 1.54) is 0 Å². The Hall–Kier alpha value is -1.25. The van der Waals surface area contributed by atoms with Crippen LogP contribution >= 0.6 is 0 Å². The van der Waals surface area contributed by atoms with Crippen molar-refractivity contribution in [3.8, 4) is 11.5 Å². The number of hydrogen-bond donors (Lipinski definition) is 1. The number of ether oxygens (including phenoxy) is 1. The first kappa shape index (κ1) is 23.0. The van der Waals surface area contributed by atoms with Crippen molar-refractivity contribution in [2.45, 2.75) is 32.8 Å². The van der Waals surface area contributed by atoms with E-state index in [4.69, 9.17) is 4.74 Å². The van der Waals surface area contributed by atoms with Gasteiger partial charge in [-0.25, -0.2) is 0 Å². The SMILES string of the molecule is CC(C)=CCc1c(O)ccc2c1OC([C]1[CH][CH][CH][CH]1)CC2=O.[CH]1[CH][CH][CH][CH]1.[Fe+2]. The second kappa shape index (κ2) is 11.1. The number of allylic oxidation sites excluding steroid dienone is 2. The molecule has 0 saturated heterocycles. The van der Waals surface area contributed by atoms with Gasteiger partial charge in [-0.3, -0.25) is 4.79 Å². The fourth-order valence-electron chi connectivity index (χ4n) is 3.05. The number of phenolic OH excluding ortho intramolecular Hbond substituents is 1. The van der Waals surface area contributed by atoms with Gasteiger partial charge in [-0.05, 0) is 90.2 Å². The number of ketones is 1. The van der Waals surface area contributed by atoms with Gasteiger partial charge in [0.2, 0.25) is 0 Å². The molecular weight excluding hydrogens is 392 g/mol. The van der Waals surface area contributed by atoms with Gasteiger partial charge < -0.3 is 9.84 Å². The second-order valence-electron chi connectivity index (χ2n) is 6.84. The standard InChI is InChI=1S/C19H19O3.C5H5.Fe/c1-12(2)7-8-14-16(20)10-9-15-17(21)11-18(22-19(14)15)13-5-3-4-6-13;1-2-4-5-3-1;/h3-7,9-10,18,20H,8,11H2,1-2H3;1-5H;/q;;+2. The first-order chi connectivity index (χ1) is 13.1. The number of carbonyl (C=O) groups is 1. The van der Waals surface area contributed by atoms with Gasteiger partial charge in [-0.1, -0.05) is 11.6 Å². The Kier molecular flexibility index (Phi) is 9.10. The van der Waals surface area contributed by atoms with Crippen molar-refractivity contribution in [1.82, 2.24) is 0 Å². The summed E-state index contributed by atoms with van der Waals surface area (Å²) in [4.78, 5) is 12.4. The van der Waals surface area contributed by atoms with E-state index in [0.717, 1.165) is 11.5 Å². The Morgan fingerprint density at radius 3 is 2.25 bits per heavy atom. The summed E-state index contributed by atoms with van der Waals surface area (Å²) in [6.07, 6.45) is 20.4. The second-order valence-corrected chi connectivity index (χ2v) is 6.84. The smallest absolute Gasteiger partial charge is 0.508 e. The Morgan fingerprint density at radius 2 is 1.68 bits per heavy atom. The van der Waals surface area contributed by atoms with Gasteiger partial charge in [0.25, 0.3) is 0 Å². The first-order valence-corrected chi connectivity index (χ1v) is 9.12. The first-order valence-electron chi connectivity index (χ1n) is 9.12.